The van der Waals surface area contributed by atoms with Crippen LogP contribution in [-0.4, -0.2) is 22.5 Å². The van der Waals surface area contributed by atoms with Gasteiger partial charge in [0.15, 0.2) is 5.17 Å². The highest BCUT2D eigenvalue weighted by atomic mass is 32.2. The summed E-state index contributed by atoms with van der Waals surface area (Å²) in [6.07, 6.45) is 5.39. The van der Waals surface area contributed by atoms with Crippen LogP contribution < -0.4 is 5.32 Å². The number of nitrogens with zero attached hydrogens (tertiary/aromatic N) is 1. The SMILES string of the molecule is CC1CCC2(CC1)CSC(=NC(C)C(C)(C)C)N2. The Hall–Kier alpha value is -0.180. The predicted molar refractivity (Wildman–Crippen MR) is 82.3 cm³/mol. The fraction of sp³-hybridized carbons (Fsp3) is 0.933. The molecule has 2 nitrogen and oxygen atoms in total. The molecule has 1 spiro atoms. The molecule has 104 valence electrons. The minimum atomic E-state index is 0.256. The molecule has 0 aromatic heterocycles. The van der Waals surface area contributed by atoms with Gasteiger partial charge in [-0.25, -0.2) is 0 Å². The van der Waals surface area contributed by atoms with Gasteiger partial charge in [-0.2, -0.15) is 0 Å². The maximum absolute atomic E-state index is 4.88. The van der Waals surface area contributed by atoms with Crippen LogP contribution in [0.4, 0.5) is 0 Å². The van der Waals surface area contributed by atoms with E-state index in [4.69, 9.17) is 4.99 Å². The van der Waals surface area contributed by atoms with Crippen molar-refractivity contribution in [3.05, 3.63) is 0 Å². The Morgan fingerprint density at radius 1 is 1.33 bits per heavy atom. The van der Waals surface area contributed by atoms with E-state index in [2.05, 4.69) is 39.9 Å². The lowest BCUT2D eigenvalue weighted by Crippen LogP contribution is -2.46. The maximum Gasteiger partial charge on any atom is 0.157 e. The van der Waals surface area contributed by atoms with Gasteiger partial charge in [-0.15, -0.1) is 0 Å². The molecule has 1 heterocycles. The van der Waals surface area contributed by atoms with Gasteiger partial charge in [0.2, 0.25) is 0 Å². The first kappa shape index (κ1) is 14.2. The van der Waals surface area contributed by atoms with Gasteiger partial charge in [-0.05, 0) is 43.9 Å². The highest BCUT2D eigenvalue weighted by molar-refractivity contribution is 8.14. The van der Waals surface area contributed by atoms with Gasteiger partial charge < -0.3 is 5.32 Å². The van der Waals surface area contributed by atoms with Gasteiger partial charge in [0.05, 0.1) is 6.04 Å². The summed E-state index contributed by atoms with van der Waals surface area (Å²) in [6, 6.07) is 0.380. The Labute approximate surface area is 116 Å². The van der Waals surface area contributed by atoms with Crippen molar-refractivity contribution in [2.75, 3.05) is 5.75 Å². The topological polar surface area (TPSA) is 24.4 Å². The average molecular weight is 268 g/mol. The van der Waals surface area contributed by atoms with E-state index < -0.39 is 0 Å². The molecule has 1 saturated carbocycles. The minimum Gasteiger partial charge on any atom is -0.359 e. The zero-order valence-corrected chi connectivity index (χ0v) is 13.4. The molecular weight excluding hydrogens is 240 g/mol. The lowest BCUT2D eigenvalue weighted by atomic mass is 9.78. The smallest absolute Gasteiger partial charge is 0.157 e. The molecule has 1 unspecified atom stereocenters. The standard InChI is InChI=1S/C15H28N2S/c1-11-6-8-15(9-7-11)10-18-13(17-15)16-12(2)14(3,4)5/h11-12H,6-10H2,1-5H3,(H,16,17). The number of hydrogen-bond acceptors (Lipinski definition) is 2. The monoisotopic (exact) mass is 268 g/mol. The van der Waals surface area contributed by atoms with E-state index in [1.54, 1.807) is 0 Å². The van der Waals surface area contributed by atoms with Crippen LogP contribution in [0.3, 0.4) is 0 Å². The van der Waals surface area contributed by atoms with Crippen LogP contribution >= 0.6 is 11.8 Å². The fourth-order valence-corrected chi connectivity index (χ4v) is 3.82. The maximum atomic E-state index is 4.88. The average Bonchev–Trinajstić information content (AvgIpc) is 2.65. The van der Waals surface area contributed by atoms with Gasteiger partial charge in [0.1, 0.15) is 0 Å². The van der Waals surface area contributed by atoms with Crippen molar-refractivity contribution >= 4 is 16.9 Å². The Morgan fingerprint density at radius 3 is 2.50 bits per heavy atom. The van der Waals surface area contributed by atoms with Gasteiger partial charge in [0.25, 0.3) is 0 Å². The second kappa shape index (κ2) is 5.07. The van der Waals surface area contributed by atoms with E-state index in [0.29, 0.717) is 11.6 Å². The van der Waals surface area contributed by atoms with Crippen LogP contribution in [-0.2, 0) is 0 Å². The second-order valence-electron chi connectivity index (χ2n) is 7.35. The van der Waals surface area contributed by atoms with Crippen molar-refractivity contribution in [1.29, 1.82) is 0 Å². The number of hydrogen-bond donors (Lipinski definition) is 1. The summed E-state index contributed by atoms with van der Waals surface area (Å²) in [5, 5.41) is 4.93. The molecule has 1 saturated heterocycles. The fourth-order valence-electron chi connectivity index (χ4n) is 2.53. The third-order valence-electron chi connectivity index (χ3n) is 4.65. The summed E-state index contributed by atoms with van der Waals surface area (Å²) in [5.74, 6) is 2.13. The number of amidine groups is 1. The predicted octanol–water partition coefficient (Wildman–Crippen LogP) is 4.06. The first-order chi connectivity index (χ1) is 8.31. The zero-order chi connectivity index (χ0) is 13.4. The normalized spacial score (nSPS) is 36.9. The first-order valence-corrected chi connectivity index (χ1v) is 8.28. The van der Waals surface area contributed by atoms with Crippen molar-refractivity contribution in [3.8, 4) is 0 Å². The molecule has 18 heavy (non-hydrogen) atoms. The lowest BCUT2D eigenvalue weighted by molar-refractivity contribution is 0.250. The van der Waals surface area contributed by atoms with Gasteiger partial charge in [-0.1, -0.05) is 39.5 Å². The van der Waals surface area contributed by atoms with E-state index in [1.165, 1.54) is 36.6 Å². The molecule has 1 N–H and O–H groups in total. The summed E-state index contributed by atoms with van der Waals surface area (Å²) in [5.41, 5.74) is 0.625. The minimum absolute atomic E-state index is 0.256. The molecule has 2 fully saturated rings. The number of aliphatic imine (C=N–C) groups is 1. The van der Waals surface area contributed by atoms with Gasteiger partial charge in [-0.3, -0.25) is 4.99 Å². The largest absolute Gasteiger partial charge is 0.359 e. The summed E-state index contributed by atoms with van der Waals surface area (Å²) in [4.78, 5) is 4.88. The van der Waals surface area contributed by atoms with Crippen molar-refractivity contribution in [2.24, 2.45) is 16.3 Å². The van der Waals surface area contributed by atoms with Crippen molar-refractivity contribution < 1.29 is 0 Å². The van der Waals surface area contributed by atoms with Crippen LogP contribution in [0.5, 0.6) is 0 Å². The molecular formula is C15H28N2S. The van der Waals surface area contributed by atoms with Crippen LogP contribution in [0.15, 0.2) is 4.99 Å². The van der Waals surface area contributed by atoms with E-state index >= 15 is 0 Å². The van der Waals surface area contributed by atoms with E-state index in [0.717, 1.165) is 5.92 Å². The molecule has 0 aromatic carbocycles. The quantitative estimate of drug-likeness (QED) is 0.775. The molecule has 3 heteroatoms. The summed E-state index contributed by atoms with van der Waals surface area (Å²) >= 11 is 1.93. The van der Waals surface area contributed by atoms with E-state index in [1.807, 2.05) is 11.8 Å². The molecule has 0 bridgehead atoms. The van der Waals surface area contributed by atoms with Crippen LogP contribution in [0.1, 0.15) is 60.3 Å². The summed E-state index contributed by atoms with van der Waals surface area (Å²) in [7, 11) is 0. The third kappa shape index (κ3) is 3.23. The van der Waals surface area contributed by atoms with E-state index in [-0.39, 0.29) is 5.41 Å². The first-order valence-electron chi connectivity index (χ1n) is 7.30. The van der Waals surface area contributed by atoms with Crippen LogP contribution in [0.25, 0.3) is 0 Å². The van der Waals surface area contributed by atoms with Crippen LogP contribution in [0, 0.1) is 11.3 Å². The highest BCUT2D eigenvalue weighted by Crippen LogP contribution is 2.38. The Bertz CT molecular complexity index is 322. The van der Waals surface area contributed by atoms with Crippen molar-refractivity contribution in [3.63, 3.8) is 0 Å². The molecule has 0 radical (unpaired) electrons. The number of thioether (sulfide) groups is 1. The third-order valence-corrected chi connectivity index (χ3v) is 5.83. The highest BCUT2D eigenvalue weighted by Gasteiger charge is 2.39. The Kier molecular flexibility index (Phi) is 4.01. The van der Waals surface area contributed by atoms with Crippen molar-refractivity contribution in [2.45, 2.75) is 71.9 Å². The number of nitrogens with one attached hydrogen (secondary N) is 1. The van der Waals surface area contributed by atoms with Gasteiger partial charge >= 0.3 is 0 Å². The molecule has 2 rings (SSSR count). The molecule has 1 aliphatic heterocycles. The molecule has 0 aromatic rings. The van der Waals surface area contributed by atoms with Gasteiger partial charge in [0, 0.05) is 11.3 Å². The van der Waals surface area contributed by atoms with Crippen molar-refractivity contribution in [1.82, 2.24) is 5.32 Å². The summed E-state index contributed by atoms with van der Waals surface area (Å²) < 4.78 is 0. The zero-order valence-electron chi connectivity index (χ0n) is 12.5. The lowest BCUT2D eigenvalue weighted by Gasteiger charge is -2.35. The van der Waals surface area contributed by atoms with Crippen LogP contribution in [0.2, 0.25) is 0 Å². The molecule has 0 amide bonds. The number of rotatable bonds is 1. The Balaban J connectivity index is 1.98. The summed E-state index contributed by atoms with van der Waals surface area (Å²) in [6.45, 7) is 11.4. The Morgan fingerprint density at radius 2 is 1.94 bits per heavy atom. The molecule has 2 aliphatic rings. The molecule has 1 atom stereocenters. The molecule has 1 aliphatic carbocycles. The second-order valence-corrected chi connectivity index (χ2v) is 8.32. The van der Waals surface area contributed by atoms with E-state index in [9.17, 15) is 0 Å².